The molecule has 29 heavy (non-hydrogen) atoms. The van der Waals surface area contributed by atoms with E-state index in [-0.39, 0.29) is 12.2 Å². The minimum atomic E-state index is -0.564. The zero-order chi connectivity index (χ0) is 21.0. The van der Waals surface area contributed by atoms with Crippen LogP contribution < -0.4 is 10.9 Å². The Balaban J connectivity index is 2.19. The van der Waals surface area contributed by atoms with Crippen molar-refractivity contribution >= 4 is 23.5 Å². The molecule has 1 unspecified atom stereocenters. The predicted octanol–water partition coefficient (Wildman–Crippen LogP) is 4.14. The number of esters is 1. The van der Waals surface area contributed by atoms with Crippen LogP contribution >= 0.6 is 11.8 Å². The number of anilines is 1. The Kier molecular flexibility index (Phi) is 6.59. The first-order valence-corrected chi connectivity index (χ1v) is 10.5. The summed E-state index contributed by atoms with van der Waals surface area (Å²) >= 11 is 1.50. The van der Waals surface area contributed by atoms with Crippen LogP contribution in [0.15, 0.2) is 58.1 Å². The molecule has 152 valence electrons. The van der Waals surface area contributed by atoms with Crippen molar-refractivity contribution in [3.05, 3.63) is 75.2 Å². The molecule has 1 aliphatic rings. The van der Waals surface area contributed by atoms with Crippen LogP contribution in [0.4, 0.5) is 5.82 Å². The second-order valence-corrected chi connectivity index (χ2v) is 7.91. The van der Waals surface area contributed by atoms with Gasteiger partial charge in [0.2, 0.25) is 0 Å². The van der Waals surface area contributed by atoms with Crippen molar-refractivity contribution < 1.29 is 9.53 Å². The number of hydrogen-bond donors (Lipinski definition) is 2. The van der Waals surface area contributed by atoms with E-state index < -0.39 is 11.9 Å². The number of nitrogens with one attached hydrogen (secondary N) is 2. The molecule has 6 nitrogen and oxygen atoms in total. The van der Waals surface area contributed by atoms with Crippen molar-refractivity contribution in [2.45, 2.75) is 38.3 Å². The topological polar surface area (TPSA) is 84.1 Å². The Morgan fingerprint density at radius 3 is 2.79 bits per heavy atom. The van der Waals surface area contributed by atoms with Gasteiger partial charge in [-0.25, -0.2) is 9.78 Å². The maximum atomic E-state index is 13.1. The number of aromatic amines is 1. The molecule has 1 aliphatic heterocycles. The van der Waals surface area contributed by atoms with E-state index in [2.05, 4.69) is 28.8 Å². The standard InChI is InChI=1S/C22H25N3O3S/c1-5-11-28-21(27)16-14(4)23-19-18(17(16)15-10-8-7-9-13(15)3)20(26)25-22(24-19)29-12-6-2/h5,7-10,17H,1,6,11-12H2,2-4H3,(H2,23,24,25,26). The number of fused-ring (bicyclic) bond motifs is 1. The first-order chi connectivity index (χ1) is 14.0. The molecular weight excluding hydrogens is 386 g/mol. The highest BCUT2D eigenvalue weighted by Gasteiger charge is 2.37. The van der Waals surface area contributed by atoms with E-state index in [1.807, 2.05) is 31.2 Å². The fraction of sp³-hybridized carbons (Fsp3) is 0.318. The molecule has 0 saturated heterocycles. The third-order valence-corrected chi connectivity index (χ3v) is 5.79. The van der Waals surface area contributed by atoms with Gasteiger partial charge in [-0.2, -0.15) is 0 Å². The van der Waals surface area contributed by atoms with Crippen LogP contribution in [-0.2, 0) is 9.53 Å². The fourth-order valence-corrected chi connectivity index (χ4v) is 4.12. The molecule has 1 atom stereocenters. The molecule has 0 aliphatic carbocycles. The summed E-state index contributed by atoms with van der Waals surface area (Å²) in [6.07, 6.45) is 2.50. The lowest BCUT2D eigenvalue weighted by Gasteiger charge is -2.29. The van der Waals surface area contributed by atoms with Gasteiger partial charge in [0.15, 0.2) is 5.16 Å². The van der Waals surface area contributed by atoms with Gasteiger partial charge < -0.3 is 15.0 Å². The number of ether oxygens (including phenoxy) is 1. The number of carbonyl (C=O) groups excluding carboxylic acids is 1. The number of aromatic nitrogens is 2. The highest BCUT2D eigenvalue weighted by atomic mass is 32.2. The van der Waals surface area contributed by atoms with Gasteiger partial charge in [-0.15, -0.1) is 0 Å². The zero-order valence-electron chi connectivity index (χ0n) is 16.9. The number of thioether (sulfide) groups is 1. The number of carbonyl (C=O) groups is 1. The molecule has 2 heterocycles. The minimum Gasteiger partial charge on any atom is -0.458 e. The summed E-state index contributed by atoms with van der Waals surface area (Å²) in [4.78, 5) is 33.5. The van der Waals surface area contributed by atoms with Gasteiger partial charge in [0.05, 0.1) is 17.1 Å². The van der Waals surface area contributed by atoms with Gasteiger partial charge >= 0.3 is 5.97 Å². The molecule has 0 spiro atoms. The molecule has 0 radical (unpaired) electrons. The van der Waals surface area contributed by atoms with E-state index in [9.17, 15) is 9.59 Å². The molecule has 2 N–H and O–H groups in total. The third-order valence-electron chi connectivity index (χ3n) is 4.72. The van der Waals surface area contributed by atoms with Gasteiger partial charge in [-0.3, -0.25) is 4.79 Å². The molecular formula is C22H25N3O3S. The average Bonchev–Trinajstić information content (AvgIpc) is 2.69. The second-order valence-electron chi connectivity index (χ2n) is 6.82. The van der Waals surface area contributed by atoms with E-state index >= 15 is 0 Å². The summed E-state index contributed by atoms with van der Waals surface area (Å²) in [6, 6.07) is 7.73. The number of H-pyrrole nitrogens is 1. The van der Waals surface area contributed by atoms with E-state index in [1.54, 1.807) is 6.92 Å². The van der Waals surface area contributed by atoms with Crippen LogP contribution in [0, 0.1) is 6.92 Å². The smallest absolute Gasteiger partial charge is 0.337 e. The van der Waals surface area contributed by atoms with Crippen LogP contribution in [0.25, 0.3) is 0 Å². The molecule has 1 aromatic heterocycles. The third kappa shape index (κ3) is 4.29. The summed E-state index contributed by atoms with van der Waals surface area (Å²) < 4.78 is 5.33. The van der Waals surface area contributed by atoms with Gasteiger partial charge in [0, 0.05) is 11.4 Å². The lowest BCUT2D eigenvalue weighted by Crippen LogP contribution is -2.31. The fourth-order valence-electron chi connectivity index (χ4n) is 3.40. The van der Waals surface area contributed by atoms with Crippen molar-refractivity contribution in [3.63, 3.8) is 0 Å². The highest BCUT2D eigenvalue weighted by molar-refractivity contribution is 7.99. The minimum absolute atomic E-state index is 0.101. The first-order valence-electron chi connectivity index (χ1n) is 9.56. The van der Waals surface area contributed by atoms with Crippen LogP contribution in [0.2, 0.25) is 0 Å². The van der Waals surface area contributed by atoms with Crippen LogP contribution in [0.3, 0.4) is 0 Å². The number of benzene rings is 1. The van der Waals surface area contributed by atoms with Crippen molar-refractivity contribution in [1.82, 2.24) is 9.97 Å². The Morgan fingerprint density at radius 2 is 2.10 bits per heavy atom. The molecule has 1 aromatic carbocycles. The Labute approximate surface area is 174 Å². The first kappa shape index (κ1) is 20.9. The predicted molar refractivity (Wildman–Crippen MR) is 116 cm³/mol. The number of aryl methyl sites for hydroxylation is 1. The van der Waals surface area contributed by atoms with E-state index in [0.29, 0.717) is 27.8 Å². The normalized spacial score (nSPS) is 15.5. The van der Waals surface area contributed by atoms with Gasteiger partial charge in [-0.05, 0) is 31.4 Å². The van der Waals surface area contributed by atoms with Crippen molar-refractivity contribution in [3.8, 4) is 0 Å². The van der Waals surface area contributed by atoms with Gasteiger partial charge in [-0.1, -0.05) is 55.6 Å². The second kappa shape index (κ2) is 9.13. The van der Waals surface area contributed by atoms with Crippen molar-refractivity contribution in [2.75, 3.05) is 17.7 Å². The molecule has 0 saturated carbocycles. The average molecular weight is 412 g/mol. The quantitative estimate of drug-likeness (QED) is 0.308. The van der Waals surface area contributed by atoms with Crippen molar-refractivity contribution in [1.29, 1.82) is 0 Å². The zero-order valence-corrected chi connectivity index (χ0v) is 17.7. The summed E-state index contributed by atoms with van der Waals surface area (Å²) in [5, 5.41) is 3.72. The monoisotopic (exact) mass is 411 g/mol. The molecule has 0 fully saturated rings. The summed E-state index contributed by atoms with van der Waals surface area (Å²) in [5.41, 5.74) is 3.07. The lowest BCUT2D eigenvalue weighted by molar-refractivity contribution is -0.138. The Hall–Kier alpha value is -2.80. The van der Waals surface area contributed by atoms with E-state index in [4.69, 9.17) is 4.74 Å². The summed E-state index contributed by atoms with van der Waals surface area (Å²) in [7, 11) is 0. The van der Waals surface area contributed by atoms with Gasteiger partial charge in [0.1, 0.15) is 12.4 Å². The molecule has 0 amide bonds. The molecule has 7 heteroatoms. The SMILES string of the molecule is C=CCOC(=O)C1=C(C)Nc2nc(SCCC)[nH]c(=O)c2C1c1ccccc1C. The Morgan fingerprint density at radius 1 is 1.34 bits per heavy atom. The van der Waals surface area contributed by atoms with Crippen molar-refractivity contribution in [2.24, 2.45) is 0 Å². The lowest BCUT2D eigenvalue weighted by atomic mass is 9.80. The maximum Gasteiger partial charge on any atom is 0.337 e. The highest BCUT2D eigenvalue weighted by Crippen LogP contribution is 2.41. The number of allylic oxidation sites excluding steroid dienone is 1. The number of nitrogens with zero attached hydrogens (tertiary/aromatic N) is 1. The molecule has 2 aromatic rings. The number of hydrogen-bond acceptors (Lipinski definition) is 6. The number of rotatable bonds is 7. The maximum absolute atomic E-state index is 13.1. The van der Waals surface area contributed by atoms with Crippen LogP contribution in [0.5, 0.6) is 0 Å². The summed E-state index contributed by atoms with van der Waals surface area (Å²) in [6.45, 7) is 9.54. The van der Waals surface area contributed by atoms with E-state index in [1.165, 1.54) is 17.8 Å². The van der Waals surface area contributed by atoms with Crippen LogP contribution in [0.1, 0.15) is 42.9 Å². The van der Waals surface area contributed by atoms with Gasteiger partial charge in [0.25, 0.3) is 5.56 Å². The van der Waals surface area contributed by atoms with E-state index in [0.717, 1.165) is 23.3 Å². The largest absolute Gasteiger partial charge is 0.458 e. The van der Waals surface area contributed by atoms with Crippen LogP contribution in [-0.4, -0.2) is 28.3 Å². The summed E-state index contributed by atoms with van der Waals surface area (Å²) in [5.74, 6) is 0.305. The Bertz CT molecular complexity index is 1030. The molecule has 3 rings (SSSR count). The molecule has 0 bridgehead atoms.